The Morgan fingerprint density at radius 2 is 2.05 bits per heavy atom. The van der Waals surface area contributed by atoms with Crippen LogP contribution in [0.3, 0.4) is 0 Å². The SMILES string of the molecule is Cc1occc1CN(C)c1nc(CCl)cc2ccccc12. The second-order valence-corrected chi connectivity index (χ2v) is 5.42. The molecule has 21 heavy (non-hydrogen) atoms. The van der Waals surface area contributed by atoms with E-state index in [1.807, 2.05) is 38.2 Å². The first kappa shape index (κ1) is 14.0. The van der Waals surface area contributed by atoms with Crippen LogP contribution in [0.15, 0.2) is 47.1 Å². The average Bonchev–Trinajstić information content (AvgIpc) is 2.91. The van der Waals surface area contributed by atoms with Crippen LogP contribution < -0.4 is 4.90 Å². The van der Waals surface area contributed by atoms with Gasteiger partial charge in [-0.25, -0.2) is 4.98 Å². The van der Waals surface area contributed by atoms with E-state index in [0.29, 0.717) is 5.88 Å². The summed E-state index contributed by atoms with van der Waals surface area (Å²) < 4.78 is 5.37. The molecule has 0 aliphatic rings. The Kier molecular flexibility index (Phi) is 3.84. The normalized spacial score (nSPS) is 11.0. The molecule has 4 heteroatoms. The van der Waals surface area contributed by atoms with E-state index in [0.717, 1.165) is 34.6 Å². The average molecular weight is 301 g/mol. The minimum Gasteiger partial charge on any atom is -0.469 e. The third-order valence-corrected chi connectivity index (χ3v) is 3.92. The zero-order valence-corrected chi connectivity index (χ0v) is 12.9. The standard InChI is InChI=1S/C17H17ClN2O/c1-12-14(7-8-21-12)11-20(2)17-16-6-4-3-5-13(16)9-15(10-18)19-17/h3-9H,10-11H2,1-2H3. The summed E-state index contributed by atoms with van der Waals surface area (Å²) in [5, 5.41) is 2.30. The molecule has 0 atom stereocenters. The monoisotopic (exact) mass is 300 g/mol. The van der Waals surface area contributed by atoms with Crippen LogP contribution in [0.2, 0.25) is 0 Å². The van der Waals surface area contributed by atoms with Crippen molar-refractivity contribution in [2.24, 2.45) is 0 Å². The van der Waals surface area contributed by atoms with E-state index in [1.165, 1.54) is 5.56 Å². The molecule has 2 heterocycles. The van der Waals surface area contributed by atoms with Gasteiger partial charge in [0, 0.05) is 24.5 Å². The van der Waals surface area contributed by atoms with E-state index in [9.17, 15) is 0 Å². The molecule has 3 aromatic rings. The molecular formula is C17H17ClN2O. The molecule has 1 aromatic carbocycles. The summed E-state index contributed by atoms with van der Waals surface area (Å²) in [6.07, 6.45) is 1.72. The predicted molar refractivity (Wildman–Crippen MR) is 86.9 cm³/mol. The van der Waals surface area contributed by atoms with Crippen LogP contribution in [0.1, 0.15) is 17.0 Å². The lowest BCUT2D eigenvalue weighted by Crippen LogP contribution is -2.18. The number of pyridine rings is 1. The second-order valence-electron chi connectivity index (χ2n) is 5.15. The number of hydrogen-bond acceptors (Lipinski definition) is 3. The number of benzene rings is 1. The number of furan rings is 1. The Morgan fingerprint density at radius 3 is 2.76 bits per heavy atom. The maximum absolute atomic E-state index is 5.98. The van der Waals surface area contributed by atoms with Crippen LogP contribution >= 0.6 is 11.6 Å². The third-order valence-electron chi connectivity index (χ3n) is 3.65. The smallest absolute Gasteiger partial charge is 0.136 e. The van der Waals surface area contributed by atoms with E-state index in [1.54, 1.807) is 6.26 Å². The fourth-order valence-corrected chi connectivity index (χ4v) is 2.64. The molecule has 0 N–H and O–H groups in total. The number of rotatable bonds is 4. The lowest BCUT2D eigenvalue weighted by Gasteiger charge is -2.20. The summed E-state index contributed by atoms with van der Waals surface area (Å²) >= 11 is 5.98. The first-order chi connectivity index (χ1) is 10.2. The zero-order chi connectivity index (χ0) is 14.8. The maximum Gasteiger partial charge on any atom is 0.136 e. The molecule has 0 saturated carbocycles. The first-order valence-electron chi connectivity index (χ1n) is 6.88. The molecule has 108 valence electrons. The Labute approximate surface area is 129 Å². The molecule has 0 amide bonds. The van der Waals surface area contributed by atoms with Gasteiger partial charge in [0.1, 0.15) is 11.6 Å². The highest BCUT2D eigenvalue weighted by Gasteiger charge is 2.12. The summed E-state index contributed by atoms with van der Waals surface area (Å²) in [5.74, 6) is 2.31. The Bertz CT molecular complexity index is 766. The molecule has 0 bridgehead atoms. The minimum atomic E-state index is 0.413. The number of alkyl halides is 1. The van der Waals surface area contributed by atoms with Crippen molar-refractivity contribution < 1.29 is 4.42 Å². The van der Waals surface area contributed by atoms with Gasteiger partial charge in [0.05, 0.1) is 17.8 Å². The van der Waals surface area contributed by atoms with E-state index >= 15 is 0 Å². The van der Waals surface area contributed by atoms with E-state index in [4.69, 9.17) is 21.0 Å². The topological polar surface area (TPSA) is 29.3 Å². The van der Waals surface area contributed by atoms with Crippen LogP contribution in [-0.2, 0) is 12.4 Å². The van der Waals surface area contributed by atoms with Crippen molar-refractivity contribution in [1.29, 1.82) is 0 Å². The van der Waals surface area contributed by atoms with Gasteiger partial charge in [-0.15, -0.1) is 11.6 Å². The van der Waals surface area contributed by atoms with Crippen molar-refractivity contribution in [2.45, 2.75) is 19.3 Å². The molecule has 0 spiro atoms. The highest BCUT2D eigenvalue weighted by atomic mass is 35.5. The quantitative estimate of drug-likeness (QED) is 0.664. The number of fused-ring (bicyclic) bond motifs is 1. The predicted octanol–water partition coefficient (Wildman–Crippen LogP) is 4.51. The maximum atomic E-state index is 5.98. The number of anilines is 1. The summed E-state index contributed by atoms with van der Waals surface area (Å²) in [4.78, 5) is 6.83. The lowest BCUT2D eigenvalue weighted by atomic mass is 10.1. The van der Waals surface area contributed by atoms with Gasteiger partial charge in [0.2, 0.25) is 0 Å². The van der Waals surface area contributed by atoms with Crippen molar-refractivity contribution in [1.82, 2.24) is 4.98 Å². The van der Waals surface area contributed by atoms with Crippen LogP contribution in [0.5, 0.6) is 0 Å². The van der Waals surface area contributed by atoms with Gasteiger partial charge < -0.3 is 9.32 Å². The molecular weight excluding hydrogens is 284 g/mol. The van der Waals surface area contributed by atoms with Gasteiger partial charge in [-0.05, 0) is 24.4 Å². The second kappa shape index (κ2) is 5.78. The molecule has 0 aliphatic heterocycles. The number of hydrogen-bond donors (Lipinski definition) is 0. The largest absolute Gasteiger partial charge is 0.469 e. The van der Waals surface area contributed by atoms with Crippen molar-refractivity contribution in [3.05, 3.63) is 59.7 Å². The molecule has 2 aromatic heterocycles. The van der Waals surface area contributed by atoms with Crippen LogP contribution in [0, 0.1) is 6.92 Å². The van der Waals surface area contributed by atoms with Gasteiger partial charge in [0.15, 0.2) is 0 Å². The Hall–Kier alpha value is -2.00. The molecule has 3 nitrogen and oxygen atoms in total. The summed E-state index contributed by atoms with van der Waals surface area (Å²) in [6, 6.07) is 12.3. The van der Waals surface area contributed by atoms with Crippen molar-refractivity contribution >= 4 is 28.2 Å². The van der Waals surface area contributed by atoms with Crippen molar-refractivity contribution in [2.75, 3.05) is 11.9 Å². The van der Waals surface area contributed by atoms with E-state index in [2.05, 4.69) is 17.0 Å². The van der Waals surface area contributed by atoms with Crippen molar-refractivity contribution in [3.63, 3.8) is 0 Å². The molecule has 0 unspecified atom stereocenters. The van der Waals surface area contributed by atoms with Crippen LogP contribution in [0.4, 0.5) is 5.82 Å². The number of aryl methyl sites for hydroxylation is 1. The van der Waals surface area contributed by atoms with Crippen LogP contribution in [0.25, 0.3) is 10.8 Å². The lowest BCUT2D eigenvalue weighted by molar-refractivity contribution is 0.529. The molecule has 3 rings (SSSR count). The van der Waals surface area contributed by atoms with Gasteiger partial charge in [0.25, 0.3) is 0 Å². The van der Waals surface area contributed by atoms with Gasteiger partial charge in [-0.1, -0.05) is 24.3 Å². The number of aromatic nitrogens is 1. The Balaban J connectivity index is 2.04. The minimum absolute atomic E-state index is 0.413. The molecule has 0 aliphatic carbocycles. The van der Waals surface area contributed by atoms with Gasteiger partial charge >= 0.3 is 0 Å². The van der Waals surface area contributed by atoms with Gasteiger partial charge in [-0.2, -0.15) is 0 Å². The first-order valence-corrected chi connectivity index (χ1v) is 7.41. The summed E-state index contributed by atoms with van der Waals surface area (Å²) in [7, 11) is 2.04. The number of halogens is 1. The highest BCUT2D eigenvalue weighted by Crippen LogP contribution is 2.27. The highest BCUT2D eigenvalue weighted by molar-refractivity contribution is 6.17. The molecule has 0 radical (unpaired) electrons. The molecule has 0 fully saturated rings. The van der Waals surface area contributed by atoms with E-state index < -0.39 is 0 Å². The third kappa shape index (κ3) is 2.74. The molecule has 0 saturated heterocycles. The Morgan fingerprint density at radius 1 is 1.24 bits per heavy atom. The van der Waals surface area contributed by atoms with Crippen molar-refractivity contribution in [3.8, 4) is 0 Å². The zero-order valence-electron chi connectivity index (χ0n) is 12.1. The fourth-order valence-electron chi connectivity index (χ4n) is 2.50. The number of nitrogens with zero attached hydrogens (tertiary/aromatic N) is 2. The summed E-state index contributed by atoms with van der Waals surface area (Å²) in [6.45, 7) is 2.73. The van der Waals surface area contributed by atoms with E-state index in [-0.39, 0.29) is 0 Å². The van der Waals surface area contributed by atoms with Crippen LogP contribution in [-0.4, -0.2) is 12.0 Å². The fraction of sp³-hybridized carbons (Fsp3) is 0.235. The van der Waals surface area contributed by atoms with Gasteiger partial charge in [-0.3, -0.25) is 0 Å². The summed E-state index contributed by atoms with van der Waals surface area (Å²) in [5.41, 5.74) is 2.06.